The quantitative estimate of drug-likeness (QED) is 0.800. The Kier molecular flexibility index (Phi) is 3.33. The molecule has 0 aromatic heterocycles. The first-order valence-corrected chi connectivity index (χ1v) is 6.73. The Balaban J connectivity index is 1.96. The molecule has 2 aromatic rings. The minimum atomic E-state index is -0.101. The number of nitrogens with zero attached hydrogens (tertiary/aromatic N) is 1. The molecule has 0 unspecified atom stereocenters. The standard InChI is InChI=1S/C17H15NO2/c19-16-10-11-17(20)18(16)15-9-5-4-8-14(15)12-13-6-2-1-3-7-13/h1-9H,10-12H2. The Morgan fingerprint density at radius 1 is 0.800 bits per heavy atom. The number of imide groups is 1. The molecule has 20 heavy (non-hydrogen) atoms. The van der Waals surface area contributed by atoms with Gasteiger partial charge in [0.05, 0.1) is 5.69 Å². The Hall–Kier alpha value is -2.42. The van der Waals surface area contributed by atoms with Gasteiger partial charge in [-0.15, -0.1) is 0 Å². The number of hydrogen-bond donors (Lipinski definition) is 0. The Morgan fingerprint density at radius 3 is 2.10 bits per heavy atom. The molecule has 0 bridgehead atoms. The molecule has 1 aliphatic rings. The van der Waals surface area contributed by atoms with Gasteiger partial charge in [0, 0.05) is 12.8 Å². The first-order chi connectivity index (χ1) is 9.75. The highest BCUT2D eigenvalue weighted by Gasteiger charge is 2.31. The molecule has 3 nitrogen and oxygen atoms in total. The van der Waals surface area contributed by atoms with Gasteiger partial charge < -0.3 is 0 Å². The summed E-state index contributed by atoms with van der Waals surface area (Å²) in [6, 6.07) is 17.7. The van der Waals surface area contributed by atoms with Crippen molar-refractivity contribution >= 4 is 17.5 Å². The van der Waals surface area contributed by atoms with Crippen molar-refractivity contribution in [1.29, 1.82) is 0 Å². The van der Waals surface area contributed by atoms with Crippen molar-refractivity contribution in [1.82, 2.24) is 0 Å². The van der Waals surface area contributed by atoms with E-state index < -0.39 is 0 Å². The first kappa shape index (κ1) is 12.6. The largest absolute Gasteiger partial charge is 0.274 e. The molecule has 3 heteroatoms. The molecular weight excluding hydrogens is 250 g/mol. The van der Waals surface area contributed by atoms with Gasteiger partial charge in [0.15, 0.2) is 0 Å². The minimum absolute atomic E-state index is 0.101. The molecule has 0 saturated carbocycles. The monoisotopic (exact) mass is 265 g/mol. The third-order valence-corrected chi connectivity index (χ3v) is 3.52. The maximum atomic E-state index is 11.9. The van der Waals surface area contributed by atoms with Gasteiger partial charge in [-0.2, -0.15) is 0 Å². The number of hydrogen-bond acceptors (Lipinski definition) is 2. The third-order valence-electron chi connectivity index (χ3n) is 3.52. The van der Waals surface area contributed by atoms with Crippen molar-refractivity contribution in [2.24, 2.45) is 0 Å². The van der Waals surface area contributed by atoms with Gasteiger partial charge in [-0.1, -0.05) is 48.5 Å². The molecule has 0 atom stereocenters. The normalized spacial score (nSPS) is 14.9. The van der Waals surface area contributed by atoms with E-state index in [-0.39, 0.29) is 11.8 Å². The van der Waals surface area contributed by atoms with Gasteiger partial charge >= 0.3 is 0 Å². The fourth-order valence-electron chi connectivity index (χ4n) is 2.54. The van der Waals surface area contributed by atoms with Crippen LogP contribution in [0.1, 0.15) is 24.0 Å². The average Bonchev–Trinajstić information content (AvgIpc) is 2.80. The molecule has 100 valence electrons. The summed E-state index contributed by atoms with van der Waals surface area (Å²) in [6.45, 7) is 0. The van der Waals surface area contributed by atoms with Gasteiger partial charge in [-0.25, -0.2) is 0 Å². The summed E-state index contributed by atoms with van der Waals surface area (Å²) in [7, 11) is 0. The van der Waals surface area contributed by atoms with Crippen LogP contribution < -0.4 is 4.90 Å². The molecule has 2 aromatic carbocycles. The van der Waals surface area contributed by atoms with E-state index in [2.05, 4.69) is 0 Å². The molecule has 1 heterocycles. The minimum Gasteiger partial charge on any atom is -0.274 e. The third kappa shape index (κ3) is 2.35. The molecule has 3 rings (SSSR count). The maximum absolute atomic E-state index is 11.9. The van der Waals surface area contributed by atoms with Crippen molar-refractivity contribution < 1.29 is 9.59 Å². The lowest BCUT2D eigenvalue weighted by molar-refractivity contribution is -0.121. The van der Waals surface area contributed by atoms with Crippen molar-refractivity contribution in [2.45, 2.75) is 19.3 Å². The van der Waals surface area contributed by atoms with E-state index in [1.54, 1.807) is 0 Å². The van der Waals surface area contributed by atoms with E-state index in [1.807, 2.05) is 54.6 Å². The number of carbonyl (C=O) groups is 2. The van der Waals surface area contributed by atoms with Gasteiger partial charge in [0.2, 0.25) is 11.8 Å². The van der Waals surface area contributed by atoms with Crippen LogP contribution in [0.5, 0.6) is 0 Å². The molecule has 0 radical (unpaired) electrons. The molecule has 0 N–H and O–H groups in total. The van der Waals surface area contributed by atoms with Gasteiger partial charge in [0.25, 0.3) is 0 Å². The van der Waals surface area contributed by atoms with E-state index in [1.165, 1.54) is 10.5 Å². The Morgan fingerprint density at radius 2 is 1.40 bits per heavy atom. The summed E-state index contributed by atoms with van der Waals surface area (Å²) >= 11 is 0. The molecule has 0 aliphatic carbocycles. The number of para-hydroxylation sites is 1. The summed E-state index contributed by atoms with van der Waals surface area (Å²) in [5.74, 6) is -0.203. The van der Waals surface area contributed by atoms with Gasteiger partial charge in [-0.05, 0) is 23.6 Å². The molecular formula is C17H15NO2. The van der Waals surface area contributed by atoms with Crippen LogP contribution in [-0.4, -0.2) is 11.8 Å². The fraction of sp³-hybridized carbons (Fsp3) is 0.176. The summed E-state index contributed by atoms with van der Waals surface area (Å²) < 4.78 is 0. The molecule has 2 amide bonds. The molecule has 1 aliphatic heterocycles. The first-order valence-electron chi connectivity index (χ1n) is 6.73. The predicted octanol–water partition coefficient (Wildman–Crippen LogP) is 2.93. The zero-order valence-corrected chi connectivity index (χ0v) is 11.1. The van der Waals surface area contributed by atoms with Crippen LogP contribution in [0, 0.1) is 0 Å². The van der Waals surface area contributed by atoms with Crippen LogP contribution in [0.2, 0.25) is 0 Å². The smallest absolute Gasteiger partial charge is 0.234 e. The highest BCUT2D eigenvalue weighted by atomic mass is 16.2. The zero-order chi connectivity index (χ0) is 13.9. The van der Waals surface area contributed by atoms with Crippen molar-refractivity contribution in [3.63, 3.8) is 0 Å². The number of benzene rings is 2. The lowest BCUT2D eigenvalue weighted by atomic mass is 10.0. The maximum Gasteiger partial charge on any atom is 0.234 e. The Labute approximate surface area is 117 Å². The van der Waals surface area contributed by atoms with Crippen molar-refractivity contribution in [2.75, 3.05) is 4.90 Å². The van der Waals surface area contributed by atoms with E-state index >= 15 is 0 Å². The van der Waals surface area contributed by atoms with Crippen molar-refractivity contribution in [3.8, 4) is 0 Å². The number of rotatable bonds is 3. The van der Waals surface area contributed by atoms with E-state index in [0.29, 0.717) is 19.3 Å². The van der Waals surface area contributed by atoms with Crippen LogP contribution >= 0.6 is 0 Å². The highest BCUT2D eigenvalue weighted by molar-refractivity contribution is 6.20. The lowest BCUT2D eigenvalue weighted by Crippen LogP contribution is -2.29. The van der Waals surface area contributed by atoms with E-state index in [4.69, 9.17) is 0 Å². The fourth-order valence-corrected chi connectivity index (χ4v) is 2.54. The highest BCUT2D eigenvalue weighted by Crippen LogP contribution is 2.27. The summed E-state index contributed by atoms with van der Waals surface area (Å²) in [5, 5.41) is 0. The topological polar surface area (TPSA) is 37.4 Å². The number of carbonyl (C=O) groups excluding carboxylic acids is 2. The number of amides is 2. The molecule has 0 spiro atoms. The second kappa shape index (κ2) is 5.29. The van der Waals surface area contributed by atoms with Crippen LogP contribution in [-0.2, 0) is 16.0 Å². The lowest BCUT2D eigenvalue weighted by Gasteiger charge is -2.18. The van der Waals surface area contributed by atoms with Crippen LogP contribution in [0.15, 0.2) is 54.6 Å². The summed E-state index contributed by atoms with van der Waals surface area (Å²) in [5.41, 5.74) is 2.89. The van der Waals surface area contributed by atoms with E-state index in [9.17, 15) is 9.59 Å². The predicted molar refractivity (Wildman–Crippen MR) is 77.4 cm³/mol. The second-order valence-electron chi connectivity index (χ2n) is 4.91. The van der Waals surface area contributed by atoms with Gasteiger partial charge in [-0.3, -0.25) is 14.5 Å². The number of anilines is 1. The summed E-state index contributed by atoms with van der Waals surface area (Å²) in [4.78, 5) is 25.1. The molecule has 1 saturated heterocycles. The summed E-state index contributed by atoms with van der Waals surface area (Å²) in [6.07, 6.45) is 1.35. The Bertz CT molecular complexity index is 633. The second-order valence-corrected chi connectivity index (χ2v) is 4.91. The van der Waals surface area contributed by atoms with Crippen LogP contribution in [0.4, 0.5) is 5.69 Å². The van der Waals surface area contributed by atoms with Crippen LogP contribution in [0.25, 0.3) is 0 Å². The van der Waals surface area contributed by atoms with Gasteiger partial charge in [0.1, 0.15) is 0 Å². The average molecular weight is 265 g/mol. The SMILES string of the molecule is O=C1CCC(=O)N1c1ccccc1Cc1ccccc1. The van der Waals surface area contributed by atoms with Crippen molar-refractivity contribution in [3.05, 3.63) is 65.7 Å². The zero-order valence-electron chi connectivity index (χ0n) is 11.1. The van der Waals surface area contributed by atoms with E-state index in [0.717, 1.165) is 11.3 Å². The van der Waals surface area contributed by atoms with Crippen LogP contribution in [0.3, 0.4) is 0 Å². The molecule has 1 fully saturated rings.